The SMILES string of the molecule is CCNC(c1ccccc1)C(C(C)C)N(C)CC. The molecule has 0 aliphatic rings. The Morgan fingerprint density at radius 2 is 1.72 bits per heavy atom. The number of hydrogen-bond acceptors (Lipinski definition) is 2. The third kappa shape index (κ3) is 3.82. The van der Waals surface area contributed by atoms with Crippen LogP contribution in [0.15, 0.2) is 30.3 Å². The summed E-state index contributed by atoms with van der Waals surface area (Å²) >= 11 is 0. The predicted octanol–water partition coefficient (Wildman–Crippen LogP) is 3.31. The molecule has 1 aromatic rings. The van der Waals surface area contributed by atoms with Crippen LogP contribution in [-0.4, -0.2) is 31.1 Å². The first kappa shape index (κ1) is 15.2. The van der Waals surface area contributed by atoms with Crippen molar-refractivity contribution in [2.75, 3.05) is 20.1 Å². The van der Waals surface area contributed by atoms with Crippen molar-refractivity contribution < 1.29 is 0 Å². The van der Waals surface area contributed by atoms with Gasteiger partial charge >= 0.3 is 0 Å². The van der Waals surface area contributed by atoms with Crippen molar-refractivity contribution in [3.05, 3.63) is 35.9 Å². The van der Waals surface area contributed by atoms with Crippen molar-refractivity contribution >= 4 is 0 Å². The van der Waals surface area contributed by atoms with Crippen LogP contribution in [0, 0.1) is 5.92 Å². The van der Waals surface area contributed by atoms with Crippen LogP contribution < -0.4 is 5.32 Å². The van der Waals surface area contributed by atoms with Crippen LogP contribution in [0.3, 0.4) is 0 Å². The third-order valence-corrected chi connectivity index (χ3v) is 3.62. The summed E-state index contributed by atoms with van der Waals surface area (Å²) in [5.41, 5.74) is 1.39. The zero-order valence-corrected chi connectivity index (χ0v) is 12.5. The highest BCUT2D eigenvalue weighted by Gasteiger charge is 2.27. The average molecular weight is 248 g/mol. The number of benzene rings is 1. The van der Waals surface area contributed by atoms with Gasteiger partial charge in [-0.2, -0.15) is 0 Å². The number of likely N-dealkylation sites (N-methyl/N-ethyl adjacent to an activating group) is 2. The minimum Gasteiger partial charge on any atom is -0.309 e. The lowest BCUT2D eigenvalue weighted by atomic mass is 9.90. The Kier molecular flexibility index (Phi) is 6.37. The first-order valence-corrected chi connectivity index (χ1v) is 7.10. The summed E-state index contributed by atoms with van der Waals surface area (Å²) in [5, 5.41) is 3.65. The fourth-order valence-corrected chi connectivity index (χ4v) is 2.68. The minimum absolute atomic E-state index is 0.404. The van der Waals surface area contributed by atoms with Gasteiger partial charge in [0.15, 0.2) is 0 Å². The molecule has 2 heteroatoms. The molecule has 102 valence electrons. The molecule has 0 aliphatic heterocycles. The topological polar surface area (TPSA) is 15.3 Å². The Morgan fingerprint density at radius 3 is 2.17 bits per heavy atom. The lowest BCUT2D eigenvalue weighted by molar-refractivity contribution is 0.154. The molecule has 1 rings (SSSR count). The highest BCUT2D eigenvalue weighted by molar-refractivity contribution is 5.21. The van der Waals surface area contributed by atoms with E-state index >= 15 is 0 Å². The molecule has 0 saturated carbocycles. The Labute approximate surface area is 112 Å². The summed E-state index contributed by atoms with van der Waals surface area (Å²) in [6.07, 6.45) is 0. The van der Waals surface area contributed by atoms with E-state index in [1.807, 2.05) is 0 Å². The van der Waals surface area contributed by atoms with Gasteiger partial charge in [-0.1, -0.05) is 58.0 Å². The molecule has 0 heterocycles. The van der Waals surface area contributed by atoms with Crippen molar-refractivity contribution in [1.29, 1.82) is 0 Å². The van der Waals surface area contributed by atoms with Crippen LogP contribution in [0.25, 0.3) is 0 Å². The maximum atomic E-state index is 3.65. The molecule has 2 atom stereocenters. The van der Waals surface area contributed by atoms with Gasteiger partial charge in [-0.15, -0.1) is 0 Å². The summed E-state index contributed by atoms with van der Waals surface area (Å²) in [7, 11) is 2.22. The number of nitrogens with zero attached hydrogens (tertiary/aromatic N) is 1. The lowest BCUT2D eigenvalue weighted by Crippen LogP contribution is -2.46. The summed E-state index contributed by atoms with van der Waals surface area (Å²) in [6.45, 7) is 11.1. The van der Waals surface area contributed by atoms with E-state index in [4.69, 9.17) is 0 Å². The fourth-order valence-electron chi connectivity index (χ4n) is 2.68. The van der Waals surface area contributed by atoms with Crippen LogP contribution >= 0.6 is 0 Å². The molecular weight excluding hydrogens is 220 g/mol. The van der Waals surface area contributed by atoms with Crippen LogP contribution in [-0.2, 0) is 0 Å². The lowest BCUT2D eigenvalue weighted by Gasteiger charge is -2.37. The van der Waals surface area contributed by atoms with Gasteiger partial charge in [0, 0.05) is 12.1 Å². The Balaban J connectivity index is 3.01. The van der Waals surface area contributed by atoms with Crippen molar-refractivity contribution in [1.82, 2.24) is 10.2 Å². The van der Waals surface area contributed by atoms with E-state index in [1.54, 1.807) is 0 Å². The quantitative estimate of drug-likeness (QED) is 0.796. The zero-order valence-electron chi connectivity index (χ0n) is 12.5. The summed E-state index contributed by atoms with van der Waals surface area (Å²) in [5.74, 6) is 0.624. The second-order valence-corrected chi connectivity index (χ2v) is 5.25. The molecule has 0 saturated heterocycles. The fraction of sp³-hybridized carbons (Fsp3) is 0.625. The van der Waals surface area contributed by atoms with E-state index in [0.29, 0.717) is 18.0 Å². The Morgan fingerprint density at radius 1 is 1.11 bits per heavy atom. The molecule has 1 aromatic carbocycles. The zero-order chi connectivity index (χ0) is 13.5. The second-order valence-electron chi connectivity index (χ2n) is 5.25. The molecule has 0 amide bonds. The van der Waals surface area contributed by atoms with Crippen LogP contribution in [0.4, 0.5) is 0 Å². The molecular formula is C16H28N2. The van der Waals surface area contributed by atoms with Gasteiger partial charge in [0.05, 0.1) is 0 Å². The van der Waals surface area contributed by atoms with Crippen molar-refractivity contribution in [3.63, 3.8) is 0 Å². The molecule has 0 radical (unpaired) electrons. The maximum Gasteiger partial charge on any atom is 0.0480 e. The molecule has 1 N–H and O–H groups in total. The summed E-state index contributed by atoms with van der Waals surface area (Å²) in [6, 6.07) is 11.7. The van der Waals surface area contributed by atoms with E-state index in [1.165, 1.54) is 5.56 Å². The average Bonchev–Trinajstić information content (AvgIpc) is 2.38. The monoisotopic (exact) mass is 248 g/mol. The first-order chi connectivity index (χ1) is 8.61. The van der Waals surface area contributed by atoms with Gasteiger partial charge in [-0.25, -0.2) is 0 Å². The first-order valence-electron chi connectivity index (χ1n) is 7.10. The van der Waals surface area contributed by atoms with Gasteiger partial charge in [-0.3, -0.25) is 0 Å². The number of rotatable bonds is 7. The van der Waals surface area contributed by atoms with Crippen LogP contribution in [0.5, 0.6) is 0 Å². The molecule has 0 fully saturated rings. The minimum atomic E-state index is 0.404. The maximum absolute atomic E-state index is 3.65. The van der Waals surface area contributed by atoms with E-state index in [0.717, 1.165) is 13.1 Å². The Hall–Kier alpha value is -0.860. The molecule has 2 nitrogen and oxygen atoms in total. The van der Waals surface area contributed by atoms with Crippen molar-refractivity contribution in [3.8, 4) is 0 Å². The Bertz CT molecular complexity index is 321. The van der Waals surface area contributed by atoms with Gasteiger partial charge in [-0.05, 0) is 31.6 Å². The molecule has 0 aliphatic carbocycles. The molecule has 0 spiro atoms. The van der Waals surface area contributed by atoms with Crippen molar-refractivity contribution in [2.45, 2.75) is 39.8 Å². The largest absolute Gasteiger partial charge is 0.309 e. The highest BCUT2D eigenvalue weighted by Crippen LogP contribution is 2.25. The predicted molar refractivity (Wildman–Crippen MR) is 79.8 cm³/mol. The van der Waals surface area contributed by atoms with Crippen molar-refractivity contribution in [2.24, 2.45) is 5.92 Å². The van der Waals surface area contributed by atoms with E-state index in [2.05, 4.69) is 75.3 Å². The van der Waals surface area contributed by atoms with E-state index in [9.17, 15) is 0 Å². The van der Waals surface area contributed by atoms with Crippen LogP contribution in [0.1, 0.15) is 39.3 Å². The second kappa shape index (κ2) is 7.55. The highest BCUT2D eigenvalue weighted by atomic mass is 15.2. The van der Waals surface area contributed by atoms with E-state index in [-0.39, 0.29) is 0 Å². The summed E-state index contributed by atoms with van der Waals surface area (Å²) < 4.78 is 0. The number of nitrogens with one attached hydrogen (secondary N) is 1. The normalized spacial score (nSPS) is 15.1. The van der Waals surface area contributed by atoms with Gasteiger partial charge < -0.3 is 10.2 Å². The van der Waals surface area contributed by atoms with Gasteiger partial charge in [0.1, 0.15) is 0 Å². The molecule has 0 bridgehead atoms. The standard InChI is InChI=1S/C16H28N2/c1-6-17-15(14-11-9-8-10-12-14)16(13(3)4)18(5)7-2/h8-13,15-17H,6-7H2,1-5H3. The number of hydrogen-bond donors (Lipinski definition) is 1. The molecule has 18 heavy (non-hydrogen) atoms. The van der Waals surface area contributed by atoms with Crippen LogP contribution in [0.2, 0.25) is 0 Å². The third-order valence-electron chi connectivity index (χ3n) is 3.62. The van der Waals surface area contributed by atoms with E-state index < -0.39 is 0 Å². The molecule has 0 aromatic heterocycles. The molecule has 2 unspecified atom stereocenters. The smallest absolute Gasteiger partial charge is 0.0480 e. The van der Waals surface area contributed by atoms with Gasteiger partial charge in [0.25, 0.3) is 0 Å². The summed E-state index contributed by atoms with van der Waals surface area (Å²) in [4.78, 5) is 2.45. The van der Waals surface area contributed by atoms with Gasteiger partial charge in [0.2, 0.25) is 0 Å².